The number of halogens is 1. The predicted octanol–water partition coefficient (Wildman–Crippen LogP) is 2.93. The van der Waals surface area contributed by atoms with Crippen molar-refractivity contribution in [2.24, 2.45) is 5.92 Å². The molecule has 0 bridgehead atoms. The van der Waals surface area contributed by atoms with Crippen molar-refractivity contribution in [1.29, 1.82) is 0 Å². The lowest BCUT2D eigenvalue weighted by Gasteiger charge is -2.39. The number of hydrogen-bond donors (Lipinski definition) is 0. The number of carbonyl (C=O) groups is 1. The van der Waals surface area contributed by atoms with Gasteiger partial charge in [0.05, 0.1) is 9.21 Å². The van der Waals surface area contributed by atoms with Gasteiger partial charge in [0.15, 0.2) is 0 Å². The molecule has 3 rings (SSSR count). The lowest BCUT2D eigenvalue weighted by molar-refractivity contribution is 0.0472. The molecule has 2 aromatic rings. The van der Waals surface area contributed by atoms with Crippen LogP contribution in [0.2, 0.25) is 4.34 Å². The quantitative estimate of drug-likeness (QED) is 0.871. The topological polar surface area (TPSA) is 38.1 Å². The van der Waals surface area contributed by atoms with E-state index in [4.69, 9.17) is 11.6 Å². The first-order valence-electron chi connectivity index (χ1n) is 6.72. The molecule has 0 saturated carbocycles. The summed E-state index contributed by atoms with van der Waals surface area (Å²) in [5, 5.41) is 0. The second-order valence-corrected chi connectivity index (χ2v) is 6.74. The van der Waals surface area contributed by atoms with Crippen molar-refractivity contribution in [2.45, 2.75) is 19.9 Å². The van der Waals surface area contributed by atoms with E-state index < -0.39 is 0 Å². The van der Waals surface area contributed by atoms with E-state index in [1.54, 1.807) is 12.1 Å². The van der Waals surface area contributed by atoms with E-state index in [0.717, 1.165) is 36.8 Å². The van der Waals surface area contributed by atoms with Crippen molar-refractivity contribution in [3.63, 3.8) is 0 Å². The molecular formula is C14H16ClN3OS. The van der Waals surface area contributed by atoms with Gasteiger partial charge in [-0.2, -0.15) is 0 Å². The van der Waals surface area contributed by atoms with Crippen LogP contribution in [-0.2, 0) is 13.0 Å². The van der Waals surface area contributed by atoms with Gasteiger partial charge >= 0.3 is 0 Å². The Kier molecular flexibility index (Phi) is 3.81. The third-order valence-electron chi connectivity index (χ3n) is 3.60. The van der Waals surface area contributed by atoms with Gasteiger partial charge in [0, 0.05) is 44.4 Å². The highest BCUT2D eigenvalue weighted by molar-refractivity contribution is 7.17. The summed E-state index contributed by atoms with van der Waals surface area (Å²) in [6.07, 6.45) is 4.80. The number of amides is 1. The predicted molar refractivity (Wildman–Crippen MR) is 80.3 cm³/mol. The lowest BCUT2D eigenvalue weighted by Crippen LogP contribution is -2.51. The summed E-state index contributed by atoms with van der Waals surface area (Å²) < 4.78 is 2.85. The SMILES string of the molecule is CCc1nccn1CC1CN(C(=O)c2ccc(Cl)s2)C1. The summed E-state index contributed by atoms with van der Waals surface area (Å²) in [5.41, 5.74) is 0. The molecule has 1 fully saturated rings. The van der Waals surface area contributed by atoms with E-state index in [9.17, 15) is 4.79 Å². The van der Waals surface area contributed by atoms with Crippen LogP contribution in [0.5, 0.6) is 0 Å². The summed E-state index contributed by atoms with van der Waals surface area (Å²) in [6, 6.07) is 3.57. The van der Waals surface area contributed by atoms with Crippen molar-refractivity contribution in [1.82, 2.24) is 14.5 Å². The van der Waals surface area contributed by atoms with Gasteiger partial charge in [0.25, 0.3) is 5.91 Å². The van der Waals surface area contributed by atoms with Crippen molar-refractivity contribution >= 4 is 28.8 Å². The molecule has 0 radical (unpaired) electrons. The maximum Gasteiger partial charge on any atom is 0.263 e. The molecule has 106 valence electrons. The molecule has 0 N–H and O–H groups in total. The van der Waals surface area contributed by atoms with Gasteiger partial charge < -0.3 is 9.47 Å². The minimum Gasteiger partial charge on any atom is -0.337 e. The molecule has 20 heavy (non-hydrogen) atoms. The molecule has 0 aromatic carbocycles. The Morgan fingerprint density at radius 1 is 1.50 bits per heavy atom. The maximum absolute atomic E-state index is 12.2. The number of aromatic nitrogens is 2. The highest BCUT2D eigenvalue weighted by Crippen LogP contribution is 2.26. The first-order valence-corrected chi connectivity index (χ1v) is 7.91. The van der Waals surface area contributed by atoms with Gasteiger partial charge in [-0.05, 0) is 12.1 Å². The van der Waals surface area contributed by atoms with Crippen LogP contribution in [0.1, 0.15) is 22.4 Å². The molecule has 4 nitrogen and oxygen atoms in total. The fourth-order valence-electron chi connectivity index (χ4n) is 2.54. The Hall–Kier alpha value is -1.33. The standard InChI is InChI=1S/C14H16ClN3OS/c1-2-13-16-5-6-17(13)7-10-8-18(9-10)14(19)11-3-4-12(15)20-11/h3-6,10H,2,7-9H2,1H3. The second kappa shape index (κ2) is 5.58. The molecule has 0 atom stereocenters. The Morgan fingerprint density at radius 3 is 2.95 bits per heavy atom. The molecular weight excluding hydrogens is 294 g/mol. The smallest absolute Gasteiger partial charge is 0.263 e. The average Bonchev–Trinajstić information content (AvgIpc) is 3.00. The Balaban J connectivity index is 1.55. The van der Waals surface area contributed by atoms with Crippen LogP contribution in [-0.4, -0.2) is 33.4 Å². The zero-order valence-corrected chi connectivity index (χ0v) is 12.8. The monoisotopic (exact) mass is 309 g/mol. The fourth-order valence-corrected chi connectivity index (χ4v) is 3.55. The number of aryl methyl sites for hydroxylation is 1. The zero-order chi connectivity index (χ0) is 14.1. The van der Waals surface area contributed by atoms with E-state index in [1.165, 1.54) is 11.3 Å². The van der Waals surface area contributed by atoms with Gasteiger partial charge in [-0.1, -0.05) is 18.5 Å². The number of likely N-dealkylation sites (tertiary alicyclic amines) is 1. The third-order valence-corrected chi connectivity index (χ3v) is 4.82. The maximum atomic E-state index is 12.2. The Labute approximate surface area is 127 Å². The van der Waals surface area contributed by atoms with Gasteiger partial charge in [-0.3, -0.25) is 4.79 Å². The summed E-state index contributed by atoms with van der Waals surface area (Å²) in [6.45, 7) is 4.68. The normalized spacial score (nSPS) is 15.4. The van der Waals surface area contributed by atoms with Crippen LogP contribution >= 0.6 is 22.9 Å². The first kappa shape index (κ1) is 13.6. The molecule has 0 spiro atoms. The highest BCUT2D eigenvalue weighted by atomic mass is 35.5. The van der Waals surface area contributed by atoms with E-state index in [0.29, 0.717) is 10.3 Å². The minimum absolute atomic E-state index is 0.0968. The lowest BCUT2D eigenvalue weighted by atomic mass is 9.99. The van der Waals surface area contributed by atoms with E-state index >= 15 is 0 Å². The van der Waals surface area contributed by atoms with Crippen molar-refractivity contribution in [3.05, 3.63) is 39.6 Å². The van der Waals surface area contributed by atoms with Crippen LogP contribution in [0, 0.1) is 5.92 Å². The van der Waals surface area contributed by atoms with Crippen LogP contribution in [0.4, 0.5) is 0 Å². The Bertz CT molecular complexity index is 615. The molecule has 1 saturated heterocycles. The second-order valence-electron chi connectivity index (χ2n) is 5.03. The van der Waals surface area contributed by atoms with Crippen LogP contribution < -0.4 is 0 Å². The van der Waals surface area contributed by atoms with Crippen molar-refractivity contribution in [2.75, 3.05) is 13.1 Å². The molecule has 2 aromatic heterocycles. The molecule has 1 aliphatic heterocycles. The largest absolute Gasteiger partial charge is 0.337 e. The molecule has 1 amide bonds. The van der Waals surface area contributed by atoms with Gasteiger partial charge in [-0.15, -0.1) is 11.3 Å². The number of hydrogen-bond acceptors (Lipinski definition) is 3. The molecule has 0 aliphatic carbocycles. The summed E-state index contributed by atoms with van der Waals surface area (Å²) >= 11 is 7.21. The number of carbonyl (C=O) groups excluding carboxylic acids is 1. The highest BCUT2D eigenvalue weighted by Gasteiger charge is 2.32. The van der Waals surface area contributed by atoms with Crippen LogP contribution in [0.15, 0.2) is 24.5 Å². The van der Waals surface area contributed by atoms with Crippen molar-refractivity contribution < 1.29 is 4.79 Å². The first-order chi connectivity index (χ1) is 9.67. The Morgan fingerprint density at radius 2 is 2.30 bits per heavy atom. The third kappa shape index (κ3) is 2.60. The summed E-state index contributed by atoms with van der Waals surface area (Å²) in [4.78, 5) is 19.1. The molecule has 6 heteroatoms. The van der Waals surface area contributed by atoms with Crippen LogP contribution in [0.25, 0.3) is 0 Å². The molecule has 0 unspecified atom stereocenters. The average molecular weight is 310 g/mol. The number of thiophene rings is 1. The van der Waals surface area contributed by atoms with E-state index in [-0.39, 0.29) is 5.91 Å². The molecule has 3 heterocycles. The van der Waals surface area contributed by atoms with Gasteiger partial charge in [0.1, 0.15) is 5.82 Å². The number of nitrogens with zero attached hydrogens (tertiary/aromatic N) is 3. The summed E-state index contributed by atoms with van der Waals surface area (Å²) in [7, 11) is 0. The van der Waals surface area contributed by atoms with Crippen LogP contribution in [0.3, 0.4) is 0 Å². The number of rotatable bonds is 4. The van der Waals surface area contributed by atoms with E-state index in [1.807, 2.05) is 17.3 Å². The van der Waals surface area contributed by atoms with Gasteiger partial charge in [0.2, 0.25) is 0 Å². The van der Waals surface area contributed by atoms with Gasteiger partial charge in [-0.25, -0.2) is 4.98 Å². The fraction of sp³-hybridized carbons (Fsp3) is 0.429. The van der Waals surface area contributed by atoms with Crippen molar-refractivity contribution in [3.8, 4) is 0 Å². The minimum atomic E-state index is 0.0968. The summed E-state index contributed by atoms with van der Waals surface area (Å²) in [5.74, 6) is 1.73. The zero-order valence-electron chi connectivity index (χ0n) is 11.3. The number of imidazole rings is 1. The van der Waals surface area contributed by atoms with E-state index in [2.05, 4.69) is 16.5 Å². The molecule has 1 aliphatic rings.